The molecule has 0 aliphatic rings. The molecule has 0 bridgehead atoms. The maximum Gasteiger partial charge on any atom is 0.453 e. The number of fused-ring (bicyclic) bond motifs is 1. The molecule has 198 valence electrons. The minimum Gasteiger partial charge on any atom is -0.479 e. The number of benzene rings is 3. The van der Waals surface area contributed by atoms with Gasteiger partial charge < -0.3 is 18.6 Å². The third-order valence-corrected chi connectivity index (χ3v) is 6.23. The highest BCUT2D eigenvalue weighted by Crippen LogP contribution is 2.39. The molecule has 6 nitrogen and oxygen atoms in total. The lowest BCUT2D eigenvalue weighted by atomic mass is 10.1. The Kier molecular flexibility index (Phi) is 7.62. The summed E-state index contributed by atoms with van der Waals surface area (Å²) in [5, 5.41) is 0.699. The van der Waals surface area contributed by atoms with E-state index in [1.807, 2.05) is 0 Å². The van der Waals surface area contributed by atoms with E-state index in [1.165, 1.54) is 31.2 Å². The van der Waals surface area contributed by atoms with Crippen LogP contribution in [0.5, 0.6) is 23.0 Å². The highest BCUT2D eigenvalue weighted by Gasteiger charge is 2.40. The van der Waals surface area contributed by atoms with Crippen molar-refractivity contribution in [3.05, 3.63) is 91.8 Å². The fourth-order valence-corrected chi connectivity index (χ4v) is 3.78. The zero-order valence-electron chi connectivity index (χ0n) is 20.1. The summed E-state index contributed by atoms with van der Waals surface area (Å²) in [6, 6.07) is 12.5. The largest absolute Gasteiger partial charge is 0.479 e. The van der Waals surface area contributed by atoms with E-state index in [4.69, 9.17) is 41.8 Å². The van der Waals surface area contributed by atoms with Crippen molar-refractivity contribution < 1.29 is 36.6 Å². The molecule has 1 aromatic heterocycles. The van der Waals surface area contributed by atoms with Gasteiger partial charge in [0, 0.05) is 16.1 Å². The lowest BCUT2D eigenvalue weighted by molar-refractivity contribution is -0.154. The van der Waals surface area contributed by atoms with Crippen LogP contribution < -0.4 is 19.6 Å². The van der Waals surface area contributed by atoms with Gasteiger partial charge in [-0.15, -0.1) is 0 Å². The van der Waals surface area contributed by atoms with Crippen LogP contribution in [-0.4, -0.2) is 12.1 Å². The Labute approximate surface area is 224 Å². The van der Waals surface area contributed by atoms with Gasteiger partial charge in [0.15, 0.2) is 6.10 Å². The van der Waals surface area contributed by atoms with Crippen LogP contribution in [0.2, 0.25) is 10.0 Å². The number of rotatable bonds is 6. The van der Waals surface area contributed by atoms with Crippen molar-refractivity contribution in [3.63, 3.8) is 0 Å². The van der Waals surface area contributed by atoms with Crippen molar-refractivity contribution in [2.75, 3.05) is 0 Å². The Morgan fingerprint density at radius 2 is 1.53 bits per heavy atom. The summed E-state index contributed by atoms with van der Waals surface area (Å²) in [5.41, 5.74) is -0.391. The van der Waals surface area contributed by atoms with Gasteiger partial charge in [0.25, 0.3) is 5.76 Å². The lowest BCUT2D eigenvalue weighted by Gasteiger charge is -2.15. The van der Waals surface area contributed by atoms with Crippen LogP contribution >= 0.6 is 23.2 Å². The first-order chi connectivity index (χ1) is 17.8. The molecular formula is C27H19Cl2F3O6. The van der Waals surface area contributed by atoms with Crippen LogP contribution in [0, 0.1) is 13.8 Å². The van der Waals surface area contributed by atoms with Crippen LogP contribution in [0.15, 0.2) is 63.8 Å². The van der Waals surface area contributed by atoms with Gasteiger partial charge in [0.1, 0.15) is 22.8 Å². The second kappa shape index (κ2) is 10.6. The monoisotopic (exact) mass is 566 g/mol. The molecule has 4 aromatic rings. The van der Waals surface area contributed by atoms with E-state index in [0.29, 0.717) is 26.9 Å². The maximum atomic E-state index is 13.9. The van der Waals surface area contributed by atoms with Gasteiger partial charge >= 0.3 is 12.1 Å². The number of carbonyl (C=O) groups excluding carboxylic acids is 1. The zero-order valence-corrected chi connectivity index (χ0v) is 21.6. The van der Waals surface area contributed by atoms with Gasteiger partial charge in [0.05, 0.1) is 5.39 Å². The molecule has 3 aromatic carbocycles. The highest BCUT2D eigenvalue weighted by atomic mass is 35.5. The summed E-state index contributed by atoms with van der Waals surface area (Å²) in [6.45, 7) is 4.74. The van der Waals surface area contributed by atoms with Gasteiger partial charge in [-0.25, -0.2) is 4.79 Å². The molecule has 4 rings (SSSR count). The van der Waals surface area contributed by atoms with Crippen LogP contribution in [0.25, 0.3) is 11.0 Å². The summed E-state index contributed by atoms with van der Waals surface area (Å²) in [5.74, 6) is -3.29. The lowest BCUT2D eigenvalue weighted by Crippen LogP contribution is -2.28. The number of halogens is 5. The summed E-state index contributed by atoms with van der Waals surface area (Å²) < 4.78 is 62.8. The van der Waals surface area contributed by atoms with Crippen molar-refractivity contribution in [3.8, 4) is 23.0 Å². The smallest absolute Gasteiger partial charge is 0.453 e. The van der Waals surface area contributed by atoms with E-state index < -0.39 is 40.8 Å². The number of alkyl halides is 3. The Morgan fingerprint density at radius 3 is 2.13 bits per heavy atom. The van der Waals surface area contributed by atoms with Gasteiger partial charge in [0.2, 0.25) is 11.2 Å². The molecule has 0 aliphatic carbocycles. The summed E-state index contributed by atoms with van der Waals surface area (Å²) in [7, 11) is 0. The van der Waals surface area contributed by atoms with Gasteiger partial charge in [-0.3, -0.25) is 4.79 Å². The molecule has 0 spiro atoms. The van der Waals surface area contributed by atoms with Crippen molar-refractivity contribution in [1.82, 2.24) is 0 Å². The Hall–Kier alpha value is -3.69. The van der Waals surface area contributed by atoms with Gasteiger partial charge in [-0.2, -0.15) is 13.2 Å². The van der Waals surface area contributed by atoms with Gasteiger partial charge in [-0.1, -0.05) is 23.2 Å². The first-order valence-corrected chi connectivity index (χ1v) is 11.9. The summed E-state index contributed by atoms with van der Waals surface area (Å²) in [6.07, 6.45) is -6.13. The Morgan fingerprint density at radius 1 is 0.921 bits per heavy atom. The number of ether oxygens (including phenoxy) is 3. The molecule has 0 saturated carbocycles. The molecule has 38 heavy (non-hydrogen) atoms. The van der Waals surface area contributed by atoms with Crippen LogP contribution in [0.3, 0.4) is 0 Å². The first kappa shape index (κ1) is 27.3. The summed E-state index contributed by atoms with van der Waals surface area (Å²) >= 11 is 11.9. The SMILES string of the molecule is Cc1cc(Oc2c(C(F)(F)F)oc3cc(OC(=O)C(C)Oc4ccc(Cl)cc4)ccc3c2=O)cc(C)c1Cl. The molecular weight excluding hydrogens is 548 g/mol. The predicted octanol–water partition coefficient (Wildman–Crippen LogP) is 7.90. The van der Waals surface area contributed by atoms with E-state index in [-0.39, 0.29) is 16.9 Å². The fraction of sp³-hybridized carbons (Fsp3) is 0.185. The molecule has 0 aliphatic heterocycles. The van der Waals surface area contributed by atoms with Crippen LogP contribution in [0.4, 0.5) is 13.2 Å². The molecule has 0 saturated heterocycles. The van der Waals surface area contributed by atoms with E-state index in [1.54, 1.807) is 38.1 Å². The number of esters is 1. The predicted molar refractivity (Wildman–Crippen MR) is 136 cm³/mol. The molecule has 1 heterocycles. The van der Waals surface area contributed by atoms with Crippen LogP contribution in [0.1, 0.15) is 23.8 Å². The molecule has 11 heteroatoms. The van der Waals surface area contributed by atoms with Gasteiger partial charge in [-0.05, 0) is 80.4 Å². The zero-order chi connectivity index (χ0) is 27.8. The molecule has 1 atom stereocenters. The Balaban J connectivity index is 1.66. The van der Waals surface area contributed by atoms with E-state index in [9.17, 15) is 22.8 Å². The quantitative estimate of drug-likeness (QED) is 0.174. The molecule has 1 unspecified atom stereocenters. The number of hydrogen-bond donors (Lipinski definition) is 0. The van der Waals surface area contributed by atoms with E-state index in [2.05, 4.69) is 0 Å². The first-order valence-electron chi connectivity index (χ1n) is 11.1. The third kappa shape index (κ3) is 5.89. The average molecular weight is 567 g/mol. The minimum atomic E-state index is -5.06. The second-order valence-corrected chi connectivity index (χ2v) is 9.17. The van der Waals surface area contributed by atoms with Crippen molar-refractivity contribution in [2.45, 2.75) is 33.1 Å². The van der Waals surface area contributed by atoms with Crippen molar-refractivity contribution in [2.24, 2.45) is 0 Å². The van der Waals surface area contributed by atoms with Crippen molar-refractivity contribution >= 4 is 40.1 Å². The normalized spacial score (nSPS) is 12.3. The summed E-state index contributed by atoms with van der Waals surface area (Å²) in [4.78, 5) is 25.5. The average Bonchev–Trinajstić information content (AvgIpc) is 2.84. The topological polar surface area (TPSA) is 75.0 Å². The molecule has 0 amide bonds. The second-order valence-electron chi connectivity index (χ2n) is 8.35. The fourth-order valence-electron chi connectivity index (χ4n) is 3.55. The maximum absolute atomic E-state index is 13.9. The van der Waals surface area contributed by atoms with Crippen molar-refractivity contribution in [1.29, 1.82) is 0 Å². The van der Waals surface area contributed by atoms with E-state index >= 15 is 0 Å². The Bertz CT molecular complexity index is 1560. The highest BCUT2D eigenvalue weighted by molar-refractivity contribution is 6.32. The molecule has 0 radical (unpaired) electrons. The molecule has 0 N–H and O–H groups in total. The third-order valence-electron chi connectivity index (χ3n) is 5.39. The standard InChI is InChI=1S/C27H19Cl2F3O6/c1-13-10-19(11-14(2)22(13)29)36-24-23(33)20-9-8-18(12-21(20)38-25(24)27(30,31)32)37-26(34)15(3)35-17-6-4-16(28)5-7-17/h4-12,15H,1-3H3. The minimum absolute atomic E-state index is 0.0122. The van der Waals surface area contributed by atoms with Crippen LogP contribution in [-0.2, 0) is 11.0 Å². The number of carbonyl (C=O) groups is 1. The number of hydrogen-bond acceptors (Lipinski definition) is 6. The number of aryl methyl sites for hydroxylation is 2. The van der Waals surface area contributed by atoms with E-state index in [0.717, 1.165) is 6.07 Å². The molecule has 0 fully saturated rings.